The van der Waals surface area contributed by atoms with Crippen molar-refractivity contribution >= 4 is 33.2 Å². The topological polar surface area (TPSA) is 95.6 Å². The van der Waals surface area contributed by atoms with Crippen molar-refractivity contribution in [1.29, 1.82) is 0 Å². The van der Waals surface area contributed by atoms with Crippen molar-refractivity contribution in [1.82, 2.24) is 5.32 Å². The van der Waals surface area contributed by atoms with E-state index >= 15 is 0 Å². The number of urea groups is 1. The van der Waals surface area contributed by atoms with Gasteiger partial charge in [-0.25, -0.2) is 17.6 Å². The van der Waals surface area contributed by atoms with Crippen LogP contribution in [-0.2, 0) is 20.4 Å². The Morgan fingerprint density at radius 2 is 1.84 bits per heavy atom. The van der Waals surface area contributed by atoms with E-state index in [0.29, 0.717) is 13.0 Å². The van der Waals surface area contributed by atoms with Gasteiger partial charge in [-0.15, -0.1) is 0 Å². The molecule has 38 heavy (non-hydrogen) atoms. The van der Waals surface area contributed by atoms with E-state index in [2.05, 4.69) is 10.6 Å². The van der Waals surface area contributed by atoms with Crippen molar-refractivity contribution in [3.05, 3.63) is 83.2 Å². The Morgan fingerprint density at radius 3 is 2.53 bits per heavy atom. The van der Waals surface area contributed by atoms with Crippen LogP contribution in [0.25, 0.3) is 11.1 Å². The summed E-state index contributed by atoms with van der Waals surface area (Å²) in [7, 11) is -3.22. The minimum atomic E-state index is -3.22. The van der Waals surface area contributed by atoms with E-state index in [1.54, 1.807) is 17.9 Å². The van der Waals surface area contributed by atoms with Crippen LogP contribution in [0.2, 0.25) is 0 Å². The summed E-state index contributed by atoms with van der Waals surface area (Å²) in [6.45, 7) is 6.24. The van der Waals surface area contributed by atoms with Crippen molar-refractivity contribution in [3.63, 3.8) is 0 Å². The molecule has 0 unspecified atom stereocenters. The molecule has 3 aromatic carbocycles. The number of nitrogens with zero attached hydrogens (tertiary/aromatic N) is 1. The summed E-state index contributed by atoms with van der Waals surface area (Å²) < 4.78 is 38.1. The Morgan fingerprint density at radius 1 is 1.11 bits per heavy atom. The van der Waals surface area contributed by atoms with Crippen molar-refractivity contribution in [3.8, 4) is 11.1 Å². The molecule has 3 aromatic rings. The third-order valence-electron chi connectivity index (χ3n) is 6.57. The lowest BCUT2D eigenvalue weighted by Crippen LogP contribution is -2.43. The highest BCUT2D eigenvalue weighted by Crippen LogP contribution is 2.36. The minimum absolute atomic E-state index is 0.0456. The van der Waals surface area contributed by atoms with Gasteiger partial charge in [0, 0.05) is 18.5 Å². The molecule has 0 saturated carbocycles. The molecule has 1 saturated heterocycles. The zero-order valence-electron chi connectivity index (χ0n) is 21.9. The molecule has 4 rings (SSSR count). The molecule has 7 nitrogen and oxygen atoms in total. The number of anilines is 2. The number of rotatable bonds is 7. The monoisotopic (exact) mass is 537 g/mol. The Kier molecular flexibility index (Phi) is 7.87. The number of carbonyl (C=O) groups is 2. The van der Waals surface area contributed by atoms with E-state index < -0.39 is 27.7 Å². The average molecular weight is 538 g/mol. The second kappa shape index (κ2) is 10.9. The van der Waals surface area contributed by atoms with E-state index in [9.17, 15) is 22.4 Å². The fourth-order valence-corrected chi connectivity index (χ4v) is 5.55. The molecule has 0 spiro atoms. The smallest absolute Gasteiger partial charge is 0.319 e. The Balaban J connectivity index is 1.55. The zero-order chi connectivity index (χ0) is 27.6. The standard InChI is InChI=1S/C29H32FN3O4S/c1-18(2)23-16-20(22-8-6-5-7-21(22)17-38(4,36)37)10-12-27(23)33-14-13-26(28(33)34)32-29(35)31-25-11-9-19(3)15-24(25)30/h5-12,15-16,18,26H,13-14,17H2,1-4H3,(H2,31,32,35)/t26-/m1/s1. The molecule has 2 N–H and O–H groups in total. The lowest BCUT2D eigenvalue weighted by atomic mass is 9.93. The molecule has 1 atom stereocenters. The highest BCUT2D eigenvalue weighted by atomic mass is 32.2. The van der Waals surface area contributed by atoms with Crippen LogP contribution >= 0.6 is 0 Å². The van der Waals surface area contributed by atoms with E-state index in [0.717, 1.165) is 33.5 Å². The maximum Gasteiger partial charge on any atom is 0.319 e. The number of sulfone groups is 1. The van der Waals surface area contributed by atoms with E-state index in [-0.39, 0.29) is 23.3 Å². The fourth-order valence-electron chi connectivity index (χ4n) is 4.73. The van der Waals surface area contributed by atoms with Gasteiger partial charge in [0.1, 0.15) is 11.9 Å². The lowest BCUT2D eigenvalue weighted by Gasteiger charge is -2.24. The maximum atomic E-state index is 14.1. The van der Waals surface area contributed by atoms with Gasteiger partial charge >= 0.3 is 6.03 Å². The first-order valence-electron chi connectivity index (χ1n) is 12.5. The maximum absolute atomic E-state index is 14.1. The first-order chi connectivity index (χ1) is 17.9. The van der Waals surface area contributed by atoms with Crippen LogP contribution in [0.3, 0.4) is 0 Å². The number of amides is 3. The number of nitrogens with one attached hydrogen (secondary N) is 2. The SMILES string of the molecule is Cc1ccc(NC(=O)N[C@@H]2CCN(c3ccc(-c4ccccc4CS(C)(=O)=O)cc3C(C)C)C2=O)c(F)c1. The number of benzene rings is 3. The van der Waals surface area contributed by atoms with Crippen LogP contribution in [0.4, 0.5) is 20.6 Å². The molecule has 1 aliphatic rings. The summed E-state index contributed by atoms with van der Waals surface area (Å²) in [5.41, 5.74) is 4.90. The van der Waals surface area contributed by atoms with Gasteiger partial charge in [0.15, 0.2) is 9.84 Å². The van der Waals surface area contributed by atoms with Gasteiger partial charge in [-0.05, 0) is 71.3 Å². The van der Waals surface area contributed by atoms with E-state index in [4.69, 9.17) is 0 Å². The highest BCUT2D eigenvalue weighted by Gasteiger charge is 2.35. The van der Waals surface area contributed by atoms with E-state index in [1.165, 1.54) is 18.4 Å². The zero-order valence-corrected chi connectivity index (χ0v) is 22.7. The first kappa shape index (κ1) is 27.3. The fraction of sp³-hybridized carbons (Fsp3) is 0.310. The van der Waals surface area contributed by atoms with Crippen molar-refractivity contribution < 1.29 is 22.4 Å². The number of carbonyl (C=O) groups excluding carboxylic acids is 2. The van der Waals surface area contributed by atoms with Gasteiger partial charge in [-0.2, -0.15) is 0 Å². The summed E-state index contributed by atoms with van der Waals surface area (Å²) in [6.07, 6.45) is 1.63. The molecule has 0 radical (unpaired) electrons. The molecule has 9 heteroatoms. The number of hydrogen-bond donors (Lipinski definition) is 2. The van der Waals surface area contributed by atoms with Crippen LogP contribution in [-0.4, -0.2) is 39.2 Å². The van der Waals surface area contributed by atoms with Gasteiger partial charge in [-0.1, -0.05) is 50.2 Å². The average Bonchev–Trinajstić information content (AvgIpc) is 3.19. The van der Waals surface area contributed by atoms with Crippen LogP contribution < -0.4 is 15.5 Å². The quantitative estimate of drug-likeness (QED) is 0.422. The van der Waals surface area contributed by atoms with Crippen molar-refractivity contribution in [2.24, 2.45) is 0 Å². The Labute approximate surface area is 223 Å². The largest absolute Gasteiger partial charge is 0.326 e. The summed E-state index contributed by atoms with van der Waals surface area (Å²) in [6, 6.07) is 16.3. The van der Waals surface area contributed by atoms with Gasteiger partial charge in [0.2, 0.25) is 5.91 Å². The number of halogens is 1. The summed E-state index contributed by atoms with van der Waals surface area (Å²) in [5.74, 6) is -0.760. The minimum Gasteiger partial charge on any atom is -0.326 e. The molecule has 0 aliphatic carbocycles. The second-order valence-electron chi connectivity index (χ2n) is 10.1. The summed E-state index contributed by atoms with van der Waals surface area (Å²) in [5, 5.41) is 5.15. The van der Waals surface area contributed by atoms with Gasteiger partial charge in [-0.3, -0.25) is 4.79 Å². The molecule has 1 fully saturated rings. The van der Waals surface area contributed by atoms with Gasteiger partial charge < -0.3 is 15.5 Å². The molecule has 1 heterocycles. The number of aryl methyl sites for hydroxylation is 1. The lowest BCUT2D eigenvalue weighted by molar-refractivity contribution is -0.118. The third-order valence-corrected chi connectivity index (χ3v) is 7.41. The molecule has 200 valence electrons. The van der Waals surface area contributed by atoms with Gasteiger partial charge in [0.05, 0.1) is 11.4 Å². The summed E-state index contributed by atoms with van der Waals surface area (Å²) >= 11 is 0. The molecule has 0 aromatic heterocycles. The second-order valence-corrected chi connectivity index (χ2v) is 12.2. The molecular formula is C29H32FN3O4S. The third kappa shape index (κ3) is 6.22. The Hall–Kier alpha value is -3.72. The van der Waals surface area contributed by atoms with Gasteiger partial charge in [0.25, 0.3) is 0 Å². The predicted octanol–water partition coefficient (Wildman–Crippen LogP) is 5.40. The van der Waals surface area contributed by atoms with E-state index in [1.807, 2.05) is 56.3 Å². The number of hydrogen-bond acceptors (Lipinski definition) is 4. The highest BCUT2D eigenvalue weighted by molar-refractivity contribution is 7.89. The Bertz CT molecular complexity index is 1490. The molecule has 1 aliphatic heterocycles. The molecular weight excluding hydrogens is 505 g/mol. The van der Waals surface area contributed by atoms with Crippen molar-refractivity contribution in [2.75, 3.05) is 23.0 Å². The van der Waals surface area contributed by atoms with Crippen LogP contribution in [0.5, 0.6) is 0 Å². The van der Waals surface area contributed by atoms with Crippen LogP contribution in [0.1, 0.15) is 42.9 Å². The van der Waals surface area contributed by atoms with Crippen LogP contribution in [0, 0.1) is 12.7 Å². The molecule has 0 bridgehead atoms. The van der Waals surface area contributed by atoms with Crippen molar-refractivity contribution in [2.45, 2.75) is 44.9 Å². The normalized spacial score (nSPS) is 15.7. The predicted molar refractivity (Wildman–Crippen MR) is 149 cm³/mol. The van der Waals surface area contributed by atoms with Crippen LogP contribution in [0.15, 0.2) is 60.7 Å². The summed E-state index contributed by atoms with van der Waals surface area (Å²) in [4.78, 5) is 27.5. The first-order valence-corrected chi connectivity index (χ1v) is 14.5. The molecule has 3 amide bonds.